The topological polar surface area (TPSA) is 38.8 Å². The van der Waals surface area contributed by atoms with Gasteiger partial charge in [-0.2, -0.15) is 0 Å². The molecular formula is C27H23FINO3S2. The van der Waals surface area contributed by atoms with E-state index in [0.717, 1.165) is 14.7 Å². The molecule has 0 radical (unpaired) electrons. The summed E-state index contributed by atoms with van der Waals surface area (Å²) in [6.07, 6.45) is 1.82. The lowest BCUT2D eigenvalue weighted by molar-refractivity contribution is -0.122. The maximum absolute atomic E-state index is 14.0. The monoisotopic (exact) mass is 619 g/mol. The molecule has 0 bridgehead atoms. The van der Waals surface area contributed by atoms with Crippen molar-refractivity contribution in [3.05, 3.63) is 97.2 Å². The van der Waals surface area contributed by atoms with Crippen LogP contribution in [0, 0.1) is 16.3 Å². The van der Waals surface area contributed by atoms with Gasteiger partial charge >= 0.3 is 0 Å². The van der Waals surface area contributed by atoms with Crippen molar-refractivity contribution in [1.29, 1.82) is 0 Å². The van der Waals surface area contributed by atoms with Crippen molar-refractivity contribution in [3.63, 3.8) is 0 Å². The van der Waals surface area contributed by atoms with Gasteiger partial charge in [0.2, 0.25) is 0 Å². The summed E-state index contributed by atoms with van der Waals surface area (Å²) >= 11 is 8.95. The van der Waals surface area contributed by atoms with E-state index < -0.39 is 0 Å². The predicted octanol–water partition coefficient (Wildman–Crippen LogP) is 7.12. The molecule has 180 valence electrons. The number of nitrogens with zero attached hydrogens (tertiary/aromatic N) is 1. The molecule has 1 heterocycles. The number of amides is 1. The minimum absolute atomic E-state index is 0.0831. The van der Waals surface area contributed by atoms with Crippen molar-refractivity contribution >= 4 is 62.9 Å². The highest BCUT2D eigenvalue weighted by Crippen LogP contribution is 2.38. The van der Waals surface area contributed by atoms with Crippen LogP contribution in [-0.4, -0.2) is 21.7 Å². The van der Waals surface area contributed by atoms with E-state index in [4.69, 9.17) is 21.7 Å². The van der Waals surface area contributed by atoms with Gasteiger partial charge in [0.05, 0.1) is 21.6 Å². The maximum Gasteiger partial charge on any atom is 0.266 e. The third-order valence-electron chi connectivity index (χ3n) is 5.29. The highest BCUT2D eigenvalue weighted by atomic mass is 127. The lowest BCUT2D eigenvalue weighted by Crippen LogP contribution is -2.27. The fourth-order valence-corrected chi connectivity index (χ4v) is 5.54. The van der Waals surface area contributed by atoms with E-state index in [2.05, 4.69) is 22.6 Å². The van der Waals surface area contributed by atoms with Crippen molar-refractivity contribution in [2.75, 3.05) is 6.61 Å². The molecule has 4 rings (SSSR count). The normalized spacial score (nSPS) is 14.6. The molecule has 0 aromatic heterocycles. The molecule has 1 aliphatic heterocycles. The molecule has 0 saturated carbocycles. The van der Waals surface area contributed by atoms with Gasteiger partial charge in [0.15, 0.2) is 11.5 Å². The second kappa shape index (κ2) is 11.5. The number of hydrogen-bond acceptors (Lipinski definition) is 5. The van der Waals surface area contributed by atoms with Crippen LogP contribution in [0.25, 0.3) is 6.08 Å². The molecule has 1 saturated heterocycles. The number of thioether (sulfide) groups is 1. The molecule has 3 aromatic carbocycles. The number of rotatable bonds is 8. The summed E-state index contributed by atoms with van der Waals surface area (Å²) in [4.78, 5) is 15.3. The van der Waals surface area contributed by atoms with E-state index in [-0.39, 0.29) is 18.3 Å². The quantitative estimate of drug-likeness (QED) is 0.153. The van der Waals surface area contributed by atoms with Gasteiger partial charge in [0.25, 0.3) is 5.91 Å². The number of halogens is 2. The first-order valence-electron chi connectivity index (χ1n) is 11.0. The Morgan fingerprint density at radius 2 is 1.86 bits per heavy atom. The lowest BCUT2D eigenvalue weighted by atomic mass is 10.1. The van der Waals surface area contributed by atoms with Gasteiger partial charge in [-0.1, -0.05) is 72.0 Å². The number of ether oxygens (including phenoxy) is 2. The molecule has 1 fully saturated rings. The van der Waals surface area contributed by atoms with Crippen molar-refractivity contribution < 1.29 is 18.7 Å². The van der Waals surface area contributed by atoms with Crippen molar-refractivity contribution in [3.8, 4) is 11.5 Å². The average molecular weight is 620 g/mol. The van der Waals surface area contributed by atoms with E-state index in [1.807, 2.05) is 56.3 Å². The Bertz CT molecular complexity index is 1290. The molecule has 8 heteroatoms. The van der Waals surface area contributed by atoms with Crippen molar-refractivity contribution in [2.24, 2.45) is 0 Å². The molecule has 1 aliphatic rings. The van der Waals surface area contributed by atoms with E-state index in [9.17, 15) is 9.18 Å². The Kier molecular flexibility index (Phi) is 8.46. The molecule has 35 heavy (non-hydrogen) atoms. The summed E-state index contributed by atoms with van der Waals surface area (Å²) in [7, 11) is 0. The third-order valence-corrected chi connectivity index (χ3v) is 7.47. The maximum atomic E-state index is 14.0. The summed E-state index contributed by atoms with van der Waals surface area (Å²) in [5.74, 6) is 0.648. The van der Waals surface area contributed by atoms with E-state index in [1.165, 1.54) is 23.4 Å². The molecule has 0 atom stereocenters. The lowest BCUT2D eigenvalue weighted by Gasteiger charge is -2.15. The highest BCUT2D eigenvalue weighted by Gasteiger charge is 2.32. The number of hydrogen-bond donors (Lipinski definition) is 0. The Hall–Kier alpha value is -2.43. The largest absolute Gasteiger partial charge is 0.490 e. The number of carbonyl (C=O) groups is 1. The summed E-state index contributed by atoms with van der Waals surface area (Å²) in [5, 5.41) is 0. The summed E-state index contributed by atoms with van der Waals surface area (Å²) in [5.41, 5.74) is 3.46. The second-order valence-electron chi connectivity index (χ2n) is 7.90. The molecule has 3 aromatic rings. The SMILES string of the molecule is CCOc1cc(/C=C2\SC(=S)N(Cc3ccc(C)cc3)C2=O)cc(I)c1OCc1ccccc1F. The Morgan fingerprint density at radius 3 is 2.57 bits per heavy atom. The number of benzene rings is 3. The predicted molar refractivity (Wildman–Crippen MR) is 151 cm³/mol. The zero-order chi connectivity index (χ0) is 24.9. The van der Waals surface area contributed by atoms with Gasteiger partial charge in [-0.3, -0.25) is 9.69 Å². The van der Waals surface area contributed by atoms with Crippen LogP contribution in [0.5, 0.6) is 11.5 Å². The minimum atomic E-state index is -0.315. The van der Waals surface area contributed by atoms with Crippen LogP contribution in [0.4, 0.5) is 4.39 Å². The van der Waals surface area contributed by atoms with Crippen LogP contribution in [0.1, 0.15) is 29.2 Å². The van der Waals surface area contributed by atoms with Crippen LogP contribution in [-0.2, 0) is 17.9 Å². The summed E-state index contributed by atoms with van der Waals surface area (Å²) in [6, 6.07) is 18.3. The fourth-order valence-electron chi connectivity index (χ4n) is 3.50. The summed E-state index contributed by atoms with van der Waals surface area (Å²) < 4.78 is 27.1. The van der Waals surface area contributed by atoms with Gasteiger partial charge in [-0.15, -0.1) is 0 Å². The number of thiocarbonyl (C=S) groups is 1. The Balaban J connectivity index is 1.55. The molecule has 0 N–H and O–H groups in total. The van der Waals surface area contributed by atoms with E-state index >= 15 is 0 Å². The Labute approximate surface area is 227 Å². The van der Waals surface area contributed by atoms with Gasteiger partial charge in [0, 0.05) is 5.56 Å². The fraction of sp³-hybridized carbons (Fsp3) is 0.185. The first-order valence-corrected chi connectivity index (χ1v) is 13.3. The number of aryl methyl sites for hydroxylation is 1. The van der Waals surface area contributed by atoms with Crippen LogP contribution >= 0.6 is 46.6 Å². The van der Waals surface area contributed by atoms with E-state index in [0.29, 0.717) is 39.4 Å². The first kappa shape index (κ1) is 25.7. The van der Waals surface area contributed by atoms with Crippen LogP contribution in [0.3, 0.4) is 0 Å². The van der Waals surface area contributed by atoms with Gasteiger partial charge in [-0.25, -0.2) is 4.39 Å². The van der Waals surface area contributed by atoms with E-state index in [1.54, 1.807) is 23.1 Å². The van der Waals surface area contributed by atoms with Crippen molar-refractivity contribution in [2.45, 2.75) is 27.0 Å². The van der Waals surface area contributed by atoms with Gasteiger partial charge in [0.1, 0.15) is 16.7 Å². The van der Waals surface area contributed by atoms with Crippen LogP contribution < -0.4 is 9.47 Å². The molecule has 0 aliphatic carbocycles. The molecular weight excluding hydrogens is 596 g/mol. The van der Waals surface area contributed by atoms with Crippen molar-refractivity contribution in [1.82, 2.24) is 4.90 Å². The number of carbonyl (C=O) groups excluding carboxylic acids is 1. The second-order valence-corrected chi connectivity index (χ2v) is 10.7. The standard InChI is InChI=1S/C27H23FINO3S2/c1-3-32-23-13-19(12-22(29)25(23)33-16-20-6-4-5-7-21(20)28)14-24-26(31)30(27(34)35-24)15-18-10-8-17(2)9-11-18/h4-14H,3,15-16H2,1-2H3/b24-14-. The molecule has 4 nitrogen and oxygen atoms in total. The summed E-state index contributed by atoms with van der Waals surface area (Å²) in [6.45, 7) is 4.87. The first-order chi connectivity index (χ1) is 16.9. The zero-order valence-electron chi connectivity index (χ0n) is 19.2. The molecule has 0 spiro atoms. The zero-order valence-corrected chi connectivity index (χ0v) is 23.0. The average Bonchev–Trinajstić information content (AvgIpc) is 3.08. The van der Waals surface area contributed by atoms with Crippen LogP contribution in [0.15, 0.2) is 65.6 Å². The Morgan fingerprint density at radius 1 is 1.11 bits per heavy atom. The smallest absolute Gasteiger partial charge is 0.266 e. The highest BCUT2D eigenvalue weighted by molar-refractivity contribution is 14.1. The molecule has 0 unspecified atom stereocenters. The van der Waals surface area contributed by atoms with Gasteiger partial charge < -0.3 is 9.47 Å². The van der Waals surface area contributed by atoms with Crippen LogP contribution in [0.2, 0.25) is 0 Å². The third kappa shape index (κ3) is 6.23. The minimum Gasteiger partial charge on any atom is -0.490 e. The molecule has 1 amide bonds. The van der Waals surface area contributed by atoms with Gasteiger partial charge in [-0.05, 0) is 71.8 Å².